The summed E-state index contributed by atoms with van der Waals surface area (Å²) in [4.78, 5) is 0. The van der Waals surface area contributed by atoms with Gasteiger partial charge in [-0.1, -0.05) is 74.8 Å². The number of hydrogen-bond donors (Lipinski definition) is 1. The molecule has 16 heavy (non-hydrogen) atoms. The molecule has 2 heteroatoms. The molecule has 1 N–H and O–H groups in total. The van der Waals surface area contributed by atoms with Crippen LogP contribution in [-0.4, -0.2) is 18.9 Å². The van der Waals surface area contributed by atoms with E-state index in [1.165, 1.54) is 18.0 Å². The van der Waals surface area contributed by atoms with Crippen LogP contribution in [-0.2, 0) is 0 Å². The first kappa shape index (κ1) is 13.5. The van der Waals surface area contributed by atoms with E-state index in [9.17, 15) is 5.11 Å². The Hall–Kier alpha value is -0.603. The zero-order valence-electron chi connectivity index (χ0n) is 10.7. The van der Waals surface area contributed by atoms with Crippen molar-refractivity contribution in [2.24, 2.45) is 0 Å². The van der Waals surface area contributed by atoms with Gasteiger partial charge in [0.1, 0.15) is 8.07 Å². The predicted molar refractivity (Wildman–Crippen MR) is 73.7 cm³/mol. The summed E-state index contributed by atoms with van der Waals surface area (Å²) < 4.78 is 0. The van der Waals surface area contributed by atoms with Gasteiger partial charge in [0.05, 0.1) is 0 Å². The minimum atomic E-state index is -1.68. The molecule has 0 radical (unpaired) electrons. The van der Waals surface area contributed by atoms with Crippen molar-refractivity contribution < 1.29 is 5.11 Å². The topological polar surface area (TPSA) is 20.2 Å². The standard InChI is InChI=1S/C14H24OSi/c1-4-5-7-12-14(15)16(2,3)13-10-8-6-9-11-13/h6,8-11,14-15H,4-5,7,12H2,1-3H3. The van der Waals surface area contributed by atoms with Crippen LogP contribution < -0.4 is 5.19 Å². The third-order valence-corrected chi connectivity index (χ3v) is 7.21. The van der Waals surface area contributed by atoms with Gasteiger partial charge < -0.3 is 5.11 Å². The largest absolute Gasteiger partial charge is 0.396 e. The molecule has 0 fully saturated rings. The van der Waals surface area contributed by atoms with Crippen molar-refractivity contribution in [3.63, 3.8) is 0 Å². The molecule has 0 aliphatic heterocycles. The van der Waals surface area contributed by atoms with Crippen molar-refractivity contribution in [1.82, 2.24) is 0 Å². The normalized spacial score (nSPS) is 13.8. The fourth-order valence-corrected chi connectivity index (χ4v) is 4.37. The van der Waals surface area contributed by atoms with E-state index in [-0.39, 0.29) is 5.73 Å². The van der Waals surface area contributed by atoms with Crippen LogP contribution in [0.3, 0.4) is 0 Å². The van der Waals surface area contributed by atoms with E-state index in [0.29, 0.717) is 0 Å². The van der Waals surface area contributed by atoms with E-state index in [4.69, 9.17) is 0 Å². The summed E-state index contributed by atoms with van der Waals surface area (Å²) in [6.45, 7) is 6.73. The van der Waals surface area contributed by atoms with E-state index in [2.05, 4.69) is 44.3 Å². The second kappa shape index (κ2) is 6.21. The average molecular weight is 236 g/mol. The van der Waals surface area contributed by atoms with Crippen molar-refractivity contribution >= 4 is 13.3 Å². The summed E-state index contributed by atoms with van der Waals surface area (Å²) >= 11 is 0. The monoisotopic (exact) mass is 236 g/mol. The summed E-state index contributed by atoms with van der Waals surface area (Å²) in [6, 6.07) is 10.5. The van der Waals surface area contributed by atoms with Crippen LogP contribution in [0.1, 0.15) is 32.6 Å². The van der Waals surface area contributed by atoms with Crippen molar-refractivity contribution in [1.29, 1.82) is 0 Å². The molecule has 0 amide bonds. The third-order valence-electron chi connectivity index (χ3n) is 3.43. The Labute approximate surface area is 101 Å². The number of rotatable bonds is 6. The Morgan fingerprint density at radius 3 is 2.31 bits per heavy atom. The van der Waals surface area contributed by atoms with Gasteiger partial charge >= 0.3 is 0 Å². The average Bonchev–Trinajstić information content (AvgIpc) is 2.30. The Morgan fingerprint density at radius 1 is 1.12 bits per heavy atom. The van der Waals surface area contributed by atoms with E-state index in [1.54, 1.807) is 0 Å². The highest BCUT2D eigenvalue weighted by atomic mass is 28.3. The molecule has 1 aromatic carbocycles. The van der Waals surface area contributed by atoms with Crippen molar-refractivity contribution in [2.45, 2.75) is 51.4 Å². The van der Waals surface area contributed by atoms with E-state index >= 15 is 0 Å². The van der Waals surface area contributed by atoms with E-state index < -0.39 is 8.07 Å². The fraction of sp³-hybridized carbons (Fsp3) is 0.571. The van der Waals surface area contributed by atoms with Gasteiger partial charge in [0.15, 0.2) is 0 Å². The molecule has 90 valence electrons. The van der Waals surface area contributed by atoms with Gasteiger partial charge in [0, 0.05) is 5.73 Å². The Balaban J connectivity index is 2.62. The summed E-state index contributed by atoms with van der Waals surface area (Å²) in [7, 11) is -1.68. The van der Waals surface area contributed by atoms with E-state index in [1.807, 2.05) is 6.07 Å². The third kappa shape index (κ3) is 3.46. The van der Waals surface area contributed by atoms with Gasteiger partial charge in [-0.25, -0.2) is 0 Å². The number of benzene rings is 1. The summed E-state index contributed by atoms with van der Waals surface area (Å²) in [5.41, 5.74) is -0.110. The molecule has 1 rings (SSSR count). The molecule has 0 saturated heterocycles. The van der Waals surface area contributed by atoms with Gasteiger partial charge in [-0.15, -0.1) is 0 Å². The Bertz CT molecular complexity index is 295. The minimum Gasteiger partial charge on any atom is -0.396 e. The second-order valence-electron chi connectivity index (χ2n) is 5.10. The maximum atomic E-state index is 10.3. The van der Waals surface area contributed by atoms with Gasteiger partial charge in [-0.05, 0) is 6.42 Å². The molecule has 0 aliphatic carbocycles. The SMILES string of the molecule is CCCCCC(O)[Si](C)(C)c1ccccc1. The van der Waals surface area contributed by atoms with Crippen LogP contribution >= 0.6 is 0 Å². The van der Waals surface area contributed by atoms with Crippen LogP contribution in [0.25, 0.3) is 0 Å². The van der Waals surface area contributed by atoms with Crippen molar-refractivity contribution in [3.05, 3.63) is 30.3 Å². The fourth-order valence-electron chi connectivity index (χ4n) is 2.01. The maximum Gasteiger partial charge on any atom is 0.113 e. The molecule has 0 spiro atoms. The Morgan fingerprint density at radius 2 is 1.75 bits per heavy atom. The molecular weight excluding hydrogens is 212 g/mol. The Kier molecular flexibility index (Phi) is 5.23. The predicted octanol–water partition coefficient (Wildman–Crippen LogP) is 3.08. The highest BCUT2D eigenvalue weighted by molar-refractivity contribution is 6.90. The number of hydrogen-bond acceptors (Lipinski definition) is 1. The molecule has 1 atom stereocenters. The van der Waals surface area contributed by atoms with E-state index in [0.717, 1.165) is 12.8 Å². The molecule has 1 nitrogen and oxygen atoms in total. The van der Waals surface area contributed by atoms with Gasteiger partial charge in [0.2, 0.25) is 0 Å². The lowest BCUT2D eigenvalue weighted by Crippen LogP contribution is -2.52. The number of aliphatic hydroxyl groups excluding tert-OH is 1. The first-order valence-corrected chi connectivity index (χ1v) is 9.40. The molecule has 0 aromatic heterocycles. The van der Waals surface area contributed by atoms with Crippen LogP contribution in [0.4, 0.5) is 0 Å². The molecule has 0 heterocycles. The number of unbranched alkanes of at least 4 members (excludes halogenated alkanes) is 2. The first-order valence-electron chi connectivity index (χ1n) is 6.32. The smallest absolute Gasteiger partial charge is 0.113 e. The highest BCUT2D eigenvalue weighted by Gasteiger charge is 2.31. The molecule has 0 bridgehead atoms. The van der Waals surface area contributed by atoms with Crippen molar-refractivity contribution in [3.8, 4) is 0 Å². The summed E-state index contributed by atoms with van der Waals surface area (Å²) in [5, 5.41) is 11.7. The molecule has 1 aromatic rings. The summed E-state index contributed by atoms with van der Waals surface area (Å²) in [6.07, 6.45) is 4.57. The lowest BCUT2D eigenvalue weighted by molar-refractivity contribution is 0.230. The maximum absolute atomic E-state index is 10.3. The lowest BCUT2D eigenvalue weighted by Gasteiger charge is -2.29. The van der Waals surface area contributed by atoms with Gasteiger partial charge in [-0.3, -0.25) is 0 Å². The summed E-state index contributed by atoms with van der Waals surface area (Å²) in [5.74, 6) is 0. The van der Waals surface area contributed by atoms with Crippen LogP contribution in [0, 0.1) is 0 Å². The molecule has 0 aliphatic rings. The van der Waals surface area contributed by atoms with Crippen molar-refractivity contribution in [2.75, 3.05) is 0 Å². The zero-order chi connectivity index (χ0) is 12.0. The molecule has 1 unspecified atom stereocenters. The molecular formula is C14H24OSi. The number of aliphatic hydroxyl groups is 1. The lowest BCUT2D eigenvalue weighted by atomic mass is 10.2. The second-order valence-corrected chi connectivity index (χ2v) is 9.79. The van der Waals surface area contributed by atoms with Crippen LogP contribution in [0.2, 0.25) is 13.1 Å². The van der Waals surface area contributed by atoms with Crippen LogP contribution in [0.5, 0.6) is 0 Å². The zero-order valence-corrected chi connectivity index (χ0v) is 11.7. The molecule has 0 saturated carbocycles. The van der Waals surface area contributed by atoms with Gasteiger partial charge in [-0.2, -0.15) is 0 Å². The highest BCUT2D eigenvalue weighted by Crippen LogP contribution is 2.15. The van der Waals surface area contributed by atoms with Crippen LogP contribution in [0.15, 0.2) is 30.3 Å². The van der Waals surface area contributed by atoms with Gasteiger partial charge in [0.25, 0.3) is 0 Å². The minimum absolute atomic E-state index is 0.110. The first-order chi connectivity index (χ1) is 7.59. The quantitative estimate of drug-likeness (QED) is 0.594.